The molecule has 0 aliphatic heterocycles. The van der Waals surface area contributed by atoms with Crippen LogP contribution in [0.2, 0.25) is 0 Å². The summed E-state index contributed by atoms with van der Waals surface area (Å²) in [5, 5.41) is 0. The summed E-state index contributed by atoms with van der Waals surface area (Å²) in [6.45, 7) is 6.28. The van der Waals surface area contributed by atoms with Crippen molar-refractivity contribution in [3.8, 4) is 0 Å². The number of carbonyl (C=O) groups excluding carboxylic acids is 2. The third-order valence-corrected chi connectivity index (χ3v) is 4.46. The molecule has 1 aliphatic carbocycles. The highest BCUT2D eigenvalue weighted by Gasteiger charge is 2.47. The van der Waals surface area contributed by atoms with Crippen molar-refractivity contribution >= 4 is 11.9 Å². The molecular weight excluding hydrogens is 256 g/mol. The van der Waals surface area contributed by atoms with Crippen molar-refractivity contribution in [1.29, 1.82) is 0 Å². The zero-order valence-corrected chi connectivity index (χ0v) is 13.1. The van der Waals surface area contributed by atoms with Gasteiger partial charge in [-0.15, -0.1) is 0 Å². The topological polar surface area (TPSA) is 52.6 Å². The van der Waals surface area contributed by atoms with E-state index < -0.39 is 5.41 Å². The average Bonchev–Trinajstić information content (AvgIpc) is 2.46. The van der Waals surface area contributed by atoms with Crippen molar-refractivity contribution in [3.63, 3.8) is 0 Å². The van der Waals surface area contributed by atoms with Gasteiger partial charge in [-0.3, -0.25) is 9.59 Å². The van der Waals surface area contributed by atoms with Crippen LogP contribution in [0.25, 0.3) is 0 Å². The monoisotopic (exact) mass is 284 g/mol. The molecule has 1 saturated carbocycles. The lowest BCUT2D eigenvalue weighted by molar-refractivity contribution is -0.168. The molecule has 1 unspecified atom stereocenters. The third kappa shape index (κ3) is 3.97. The highest BCUT2D eigenvalue weighted by molar-refractivity contribution is 5.83. The van der Waals surface area contributed by atoms with Crippen molar-refractivity contribution < 1.29 is 19.1 Å². The molecule has 1 rings (SSSR count). The largest absolute Gasteiger partial charge is 0.466 e. The second-order valence-electron chi connectivity index (χ2n) is 5.55. The summed E-state index contributed by atoms with van der Waals surface area (Å²) in [5.41, 5.74) is -0.692. The molecule has 1 atom stereocenters. The van der Waals surface area contributed by atoms with E-state index >= 15 is 0 Å². The highest BCUT2D eigenvalue weighted by Crippen LogP contribution is 2.45. The van der Waals surface area contributed by atoms with Crippen LogP contribution in [0.15, 0.2) is 0 Å². The molecule has 0 heterocycles. The van der Waals surface area contributed by atoms with E-state index in [-0.39, 0.29) is 24.3 Å². The van der Waals surface area contributed by atoms with Crippen molar-refractivity contribution in [3.05, 3.63) is 0 Å². The van der Waals surface area contributed by atoms with Gasteiger partial charge in [-0.25, -0.2) is 0 Å². The summed E-state index contributed by atoms with van der Waals surface area (Å²) < 4.78 is 10.4. The van der Waals surface area contributed by atoms with E-state index in [4.69, 9.17) is 9.47 Å². The third-order valence-electron chi connectivity index (χ3n) is 4.46. The van der Waals surface area contributed by atoms with Gasteiger partial charge in [0.15, 0.2) is 0 Å². The van der Waals surface area contributed by atoms with Crippen LogP contribution in [0.4, 0.5) is 0 Å². The lowest BCUT2D eigenvalue weighted by Crippen LogP contribution is -2.42. The molecule has 0 radical (unpaired) electrons. The summed E-state index contributed by atoms with van der Waals surface area (Å²) >= 11 is 0. The predicted octanol–water partition coefficient (Wildman–Crippen LogP) is 3.48. The van der Waals surface area contributed by atoms with Crippen molar-refractivity contribution in [2.24, 2.45) is 11.3 Å². The number of hydrogen-bond acceptors (Lipinski definition) is 4. The van der Waals surface area contributed by atoms with E-state index in [2.05, 4.69) is 0 Å². The molecule has 0 aromatic carbocycles. The van der Waals surface area contributed by atoms with Crippen LogP contribution in [0.5, 0.6) is 0 Å². The van der Waals surface area contributed by atoms with Crippen LogP contribution in [0, 0.1) is 11.3 Å². The van der Waals surface area contributed by atoms with Crippen molar-refractivity contribution in [2.45, 2.75) is 65.7 Å². The second kappa shape index (κ2) is 8.28. The molecule has 0 amide bonds. The van der Waals surface area contributed by atoms with Gasteiger partial charge < -0.3 is 9.47 Å². The van der Waals surface area contributed by atoms with Gasteiger partial charge in [-0.05, 0) is 39.0 Å². The maximum Gasteiger partial charge on any atom is 0.312 e. The van der Waals surface area contributed by atoms with Gasteiger partial charge in [-0.2, -0.15) is 0 Å². The lowest BCUT2D eigenvalue weighted by Gasteiger charge is -2.39. The molecular formula is C16H28O4. The number of ether oxygens (including phenoxy) is 2. The quantitative estimate of drug-likeness (QED) is 0.672. The van der Waals surface area contributed by atoms with E-state index in [1.807, 2.05) is 13.8 Å². The number of carbonyl (C=O) groups is 2. The Morgan fingerprint density at radius 2 is 1.60 bits per heavy atom. The Kier molecular flexibility index (Phi) is 7.03. The van der Waals surface area contributed by atoms with Gasteiger partial charge in [0.1, 0.15) is 0 Å². The first-order valence-corrected chi connectivity index (χ1v) is 7.93. The zero-order valence-electron chi connectivity index (χ0n) is 13.1. The molecule has 0 N–H and O–H groups in total. The van der Waals surface area contributed by atoms with Crippen LogP contribution in [-0.2, 0) is 19.1 Å². The Morgan fingerprint density at radius 3 is 2.10 bits per heavy atom. The minimum Gasteiger partial charge on any atom is -0.466 e. The fraction of sp³-hybridized carbons (Fsp3) is 0.875. The maximum atomic E-state index is 12.5. The fourth-order valence-electron chi connectivity index (χ4n) is 3.34. The summed E-state index contributed by atoms with van der Waals surface area (Å²) in [6, 6.07) is 0. The van der Waals surface area contributed by atoms with Gasteiger partial charge in [0.2, 0.25) is 0 Å². The molecule has 1 aliphatic rings. The van der Waals surface area contributed by atoms with Crippen molar-refractivity contribution in [2.75, 3.05) is 13.2 Å². The van der Waals surface area contributed by atoms with E-state index in [9.17, 15) is 9.59 Å². The van der Waals surface area contributed by atoms with Gasteiger partial charge in [0.05, 0.1) is 25.0 Å². The maximum absolute atomic E-state index is 12.5. The Hall–Kier alpha value is -1.06. The first-order chi connectivity index (χ1) is 9.60. The van der Waals surface area contributed by atoms with Crippen LogP contribution in [0.3, 0.4) is 0 Å². The van der Waals surface area contributed by atoms with E-state index in [1.54, 1.807) is 6.92 Å². The normalized spacial score (nSPS) is 19.1. The second-order valence-corrected chi connectivity index (χ2v) is 5.55. The molecule has 0 aromatic heterocycles. The minimum atomic E-state index is -0.692. The van der Waals surface area contributed by atoms with Crippen LogP contribution in [-0.4, -0.2) is 25.2 Å². The van der Waals surface area contributed by atoms with E-state index in [0.717, 1.165) is 25.7 Å². The first-order valence-electron chi connectivity index (χ1n) is 7.93. The number of esters is 2. The molecule has 20 heavy (non-hydrogen) atoms. The summed E-state index contributed by atoms with van der Waals surface area (Å²) in [6.07, 6.45) is 6.29. The smallest absolute Gasteiger partial charge is 0.312 e. The van der Waals surface area contributed by atoms with Gasteiger partial charge >= 0.3 is 11.9 Å². The van der Waals surface area contributed by atoms with Gasteiger partial charge in [0, 0.05) is 0 Å². The van der Waals surface area contributed by atoms with Crippen LogP contribution in [0.1, 0.15) is 65.7 Å². The molecule has 0 bridgehead atoms. The zero-order chi connectivity index (χ0) is 15.0. The molecule has 1 fully saturated rings. The van der Waals surface area contributed by atoms with Crippen LogP contribution < -0.4 is 0 Å². The Labute approximate surface area is 122 Å². The number of rotatable bonds is 7. The van der Waals surface area contributed by atoms with Crippen molar-refractivity contribution in [1.82, 2.24) is 0 Å². The molecule has 116 valence electrons. The minimum absolute atomic E-state index is 0.154. The Bertz CT molecular complexity index is 320. The Balaban J connectivity index is 2.94. The summed E-state index contributed by atoms with van der Waals surface area (Å²) in [5.74, 6) is -0.264. The van der Waals surface area contributed by atoms with E-state index in [1.165, 1.54) is 6.42 Å². The molecule has 0 spiro atoms. The first kappa shape index (κ1) is 17.0. The van der Waals surface area contributed by atoms with E-state index in [0.29, 0.717) is 19.6 Å². The standard InChI is InChI=1S/C16H28O4/c1-4-16(15(18)20-6-3,12-14(17)19-5-2)13-10-8-7-9-11-13/h13H,4-12H2,1-3H3. The SMILES string of the molecule is CCOC(=O)CC(CC)(C(=O)OCC)C1CCCCC1. The van der Waals surface area contributed by atoms with Gasteiger partial charge in [0.25, 0.3) is 0 Å². The molecule has 4 heteroatoms. The Morgan fingerprint density at radius 1 is 1.00 bits per heavy atom. The predicted molar refractivity (Wildman–Crippen MR) is 77.2 cm³/mol. The number of hydrogen-bond donors (Lipinski definition) is 0. The molecule has 0 saturated heterocycles. The van der Waals surface area contributed by atoms with Crippen LogP contribution >= 0.6 is 0 Å². The lowest BCUT2D eigenvalue weighted by atomic mass is 9.65. The summed E-state index contributed by atoms with van der Waals surface area (Å²) in [7, 11) is 0. The summed E-state index contributed by atoms with van der Waals surface area (Å²) in [4.78, 5) is 24.4. The van der Waals surface area contributed by atoms with Gasteiger partial charge in [-0.1, -0.05) is 26.2 Å². The molecule has 0 aromatic rings. The average molecular weight is 284 g/mol. The fourth-order valence-corrected chi connectivity index (χ4v) is 3.34. The highest BCUT2D eigenvalue weighted by atomic mass is 16.5. The molecule has 4 nitrogen and oxygen atoms in total.